The first kappa shape index (κ1) is 19.8. The second-order valence-electron chi connectivity index (χ2n) is 6.65. The molecule has 4 aromatic rings. The van der Waals surface area contributed by atoms with Crippen molar-refractivity contribution >= 4 is 21.1 Å². The van der Waals surface area contributed by atoms with E-state index in [1.807, 2.05) is 30.3 Å². The Balaban J connectivity index is 1.49. The maximum Gasteiger partial charge on any atom is 0.314 e. The van der Waals surface area contributed by atoms with Crippen LogP contribution in [0.2, 0.25) is 0 Å². The molecule has 2 heterocycles. The van der Waals surface area contributed by atoms with Gasteiger partial charge in [0.25, 0.3) is 0 Å². The first-order valence-electron chi connectivity index (χ1n) is 9.11. The van der Waals surface area contributed by atoms with E-state index in [4.69, 9.17) is 4.42 Å². The fourth-order valence-electron chi connectivity index (χ4n) is 3.01. The number of hydrogen-bond acceptors (Lipinski definition) is 6. The minimum Gasteiger partial charge on any atom is -0.441 e. The number of nitrogens with one attached hydrogen (secondary N) is 3. The molecule has 0 saturated carbocycles. The normalized spacial score (nSPS) is 11.8. The van der Waals surface area contributed by atoms with E-state index in [-0.39, 0.29) is 17.0 Å². The van der Waals surface area contributed by atoms with Gasteiger partial charge in [-0.15, -0.1) is 0 Å². The van der Waals surface area contributed by atoms with Gasteiger partial charge in [0.05, 0.1) is 21.6 Å². The van der Waals surface area contributed by atoms with Gasteiger partial charge in [-0.2, -0.15) is 0 Å². The van der Waals surface area contributed by atoms with Gasteiger partial charge in [0.15, 0.2) is 0 Å². The molecule has 4 rings (SSSR count). The molecule has 10 heteroatoms. The molecular weight excluding hydrogens is 408 g/mol. The second-order valence-corrected chi connectivity index (χ2v) is 8.42. The Hall–Kier alpha value is -3.50. The van der Waals surface area contributed by atoms with Gasteiger partial charge in [0.1, 0.15) is 5.76 Å². The molecule has 0 bridgehead atoms. The number of hydrogen-bond donors (Lipinski definition) is 3. The summed E-state index contributed by atoms with van der Waals surface area (Å²) in [7, 11) is -3.83. The second kappa shape index (κ2) is 7.73. The molecular formula is C20H18N4O5S. The fraction of sp³-hybridized carbons (Fsp3) is 0.150. The van der Waals surface area contributed by atoms with Crippen molar-refractivity contribution < 1.29 is 12.8 Å². The van der Waals surface area contributed by atoms with Gasteiger partial charge in [-0.25, -0.2) is 18.1 Å². The highest BCUT2D eigenvalue weighted by molar-refractivity contribution is 7.89. The Kier molecular flexibility index (Phi) is 5.10. The number of nitrogens with zero attached hydrogens (tertiary/aromatic N) is 1. The van der Waals surface area contributed by atoms with Crippen molar-refractivity contribution in [3.05, 3.63) is 80.7 Å². The van der Waals surface area contributed by atoms with E-state index in [2.05, 4.69) is 19.7 Å². The summed E-state index contributed by atoms with van der Waals surface area (Å²) in [6.07, 6.45) is 0.346. The Labute approximate surface area is 170 Å². The number of aromatic amines is 2. The van der Waals surface area contributed by atoms with E-state index < -0.39 is 21.1 Å². The first-order chi connectivity index (χ1) is 14.3. The highest BCUT2D eigenvalue weighted by Crippen LogP contribution is 2.21. The Bertz CT molecular complexity index is 1440. The number of H-pyrrole nitrogens is 2. The van der Waals surface area contributed by atoms with Crippen LogP contribution in [0.25, 0.3) is 22.5 Å². The molecule has 9 nitrogen and oxygen atoms in total. The molecule has 0 spiro atoms. The zero-order chi connectivity index (χ0) is 21.3. The molecule has 0 aliphatic carbocycles. The zero-order valence-corrected chi connectivity index (χ0v) is 16.7. The maximum absolute atomic E-state index is 12.6. The molecule has 0 amide bonds. The molecule has 2 aromatic carbocycles. The standard InChI is InChI=1S/C20H18N4O5S/c1-12-15(24-20(29-12)13-5-3-2-4-6-13)9-10-21-30(27,28)14-7-8-16-17(11-14)23-19(26)18(25)22-16/h2-8,11,21H,9-10H2,1H3,(H,22,25)(H,23,26). The first-order valence-corrected chi connectivity index (χ1v) is 10.6. The third-order valence-electron chi connectivity index (χ3n) is 4.57. The van der Waals surface area contributed by atoms with Gasteiger partial charge in [-0.1, -0.05) is 18.2 Å². The van der Waals surface area contributed by atoms with Crippen molar-refractivity contribution in [2.45, 2.75) is 18.2 Å². The molecule has 0 atom stereocenters. The fourth-order valence-corrected chi connectivity index (χ4v) is 4.07. The molecule has 0 unspecified atom stereocenters. The lowest BCUT2D eigenvalue weighted by atomic mass is 10.2. The van der Waals surface area contributed by atoms with Crippen molar-refractivity contribution in [3.63, 3.8) is 0 Å². The van der Waals surface area contributed by atoms with E-state index >= 15 is 0 Å². The van der Waals surface area contributed by atoms with Gasteiger partial charge >= 0.3 is 11.1 Å². The SMILES string of the molecule is Cc1oc(-c2ccccc2)nc1CCNS(=O)(=O)c1ccc2[nH]c(=O)c(=O)[nH]c2c1. The summed E-state index contributed by atoms with van der Waals surface area (Å²) in [6.45, 7) is 1.90. The van der Waals surface area contributed by atoms with Crippen LogP contribution >= 0.6 is 0 Å². The summed E-state index contributed by atoms with van der Waals surface area (Å²) in [5.74, 6) is 1.11. The van der Waals surface area contributed by atoms with E-state index in [1.54, 1.807) is 6.92 Å². The Morgan fingerprint density at radius 1 is 1.00 bits per heavy atom. The summed E-state index contributed by atoms with van der Waals surface area (Å²) in [6, 6.07) is 13.5. The summed E-state index contributed by atoms with van der Waals surface area (Å²) in [5.41, 5.74) is 0.426. The average molecular weight is 426 g/mol. The average Bonchev–Trinajstić information content (AvgIpc) is 3.10. The van der Waals surface area contributed by atoms with Crippen molar-refractivity contribution in [2.24, 2.45) is 0 Å². The molecule has 0 fully saturated rings. The van der Waals surface area contributed by atoms with Crippen molar-refractivity contribution in [2.75, 3.05) is 6.54 Å². The predicted octanol–water partition coefficient (Wildman–Crippen LogP) is 1.70. The molecule has 154 valence electrons. The van der Waals surface area contributed by atoms with Crippen molar-refractivity contribution in [1.82, 2.24) is 19.7 Å². The van der Waals surface area contributed by atoms with Crippen LogP contribution in [0.1, 0.15) is 11.5 Å². The lowest BCUT2D eigenvalue weighted by molar-refractivity contribution is 0.538. The topological polar surface area (TPSA) is 138 Å². The highest BCUT2D eigenvalue weighted by atomic mass is 32.2. The van der Waals surface area contributed by atoms with Crippen LogP contribution in [0.4, 0.5) is 0 Å². The number of sulfonamides is 1. The minimum absolute atomic E-state index is 0.0282. The van der Waals surface area contributed by atoms with E-state index in [0.717, 1.165) is 5.56 Å². The lowest BCUT2D eigenvalue weighted by Crippen LogP contribution is -2.29. The van der Waals surface area contributed by atoms with E-state index in [9.17, 15) is 18.0 Å². The van der Waals surface area contributed by atoms with Crippen LogP contribution in [-0.2, 0) is 16.4 Å². The van der Waals surface area contributed by atoms with Crippen LogP contribution in [0.3, 0.4) is 0 Å². The van der Waals surface area contributed by atoms with Gasteiger partial charge in [-0.3, -0.25) is 9.59 Å². The van der Waals surface area contributed by atoms with E-state index in [1.165, 1.54) is 18.2 Å². The molecule has 3 N–H and O–H groups in total. The van der Waals surface area contributed by atoms with Crippen molar-refractivity contribution in [3.8, 4) is 11.5 Å². The lowest BCUT2D eigenvalue weighted by Gasteiger charge is -2.07. The molecule has 30 heavy (non-hydrogen) atoms. The minimum atomic E-state index is -3.83. The van der Waals surface area contributed by atoms with Gasteiger partial charge in [0, 0.05) is 18.5 Å². The molecule has 2 aromatic heterocycles. The monoisotopic (exact) mass is 426 g/mol. The van der Waals surface area contributed by atoms with Crippen LogP contribution in [0.15, 0.2) is 67.4 Å². The molecule has 0 aliphatic rings. The number of oxazole rings is 1. The van der Waals surface area contributed by atoms with Crippen LogP contribution in [0, 0.1) is 6.92 Å². The number of aromatic nitrogens is 3. The smallest absolute Gasteiger partial charge is 0.314 e. The van der Waals surface area contributed by atoms with E-state index in [0.29, 0.717) is 29.3 Å². The zero-order valence-electron chi connectivity index (χ0n) is 15.9. The Morgan fingerprint density at radius 2 is 1.70 bits per heavy atom. The number of benzene rings is 2. The summed E-state index contributed by atoms with van der Waals surface area (Å²) >= 11 is 0. The molecule has 0 aliphatic heterocycles. The van der Waals surface area contributed by atoms with Gasteiger partial charge in [-0.05, 0) is 37.3 Å². The molecule has 0 saturated heterocycles. The van der Waals surface area contributed by atoms with Crippen LogP contribution in [0.5, 0.6) is 0 Å². The summed E-state index contributed by atoms with van der Waals surface area (Å²) in [5, 5.41) is 0. The van der Waals surface area contributed by atoms with Gasteiger partial charge < -0.3 is 14.4 Å². The van der Waals surface area contributed by atoms with Crippen molar-refractivity contribution in [1.29, 1.82) is 0 Å². The summed E-state index contributed by atoms with van der Waals surface area (Å²) in [4.78, 5) is 32.0. The summed E-state index contributed by atoms with van der Waals surface area (Å²) < 4.78 is 33.4. The third-order valence-corrected chi connectivity index (χ3v) is 6.03. The number of aryl methyl sites for hydroxylation is 1. The van der Waals surface area contributed by atoms with Gasteiger partial charge in [0.2, 0.25) is 15.9 Å². The van der Waals surface area contributed by atoms with Crippen LogP contribution < -0.4 is 15.8 Å². The highest BCUT2D eigenvalue weighted by Gasteiger charge is 2.16. The third kappa shape index (κ3) is 3.95. The predicted molar refractivity (Wildman–Crippen MR) is 111 cm³/mol. The quantitative estimate of drug-likeness (QED) is 0.401. The van der Waals surface area contributed by atoms with Crippen LogP contribution in [-0.4, -0.2) is 29.9 Å². The largest absolute Gasteiger partial charge is 0.441 e. The Morgan fingerprint density at radius 3 is 2.43 bits per heavy atom. The number of rotatable bonds is 6. The maximum atomic E-state index is 12.6. The number of fused-ring (bicyclic) bond motifs is 1. The molecule has 0 radical (unpaired) electrons.